The van der Waals surface area contributed by atoms with Crippen LogP contribution in [0.5, 0.6) is 11.5 Å². The smallest absolute Gasteiger partial charge is 0.289 e. The minimum atomic E-state index is -0.515. The Morgan fingerprint density at radius 1 is 1.32 bits per heavy atom. The van der Waals surface area contributed by atoms with Crippen LogP contribution in [0.1, 0.15) is 12.5 Å². The van der Waals surface area contributed by atoms with Crippen molar-refractivity contribution in [1.82, 2.24) is 9.78 Å². The summed E-state index contributed by atoms with van der Waals surface area (Å²) in [5.74, 6) is 0.914. The first-order valence-electron chi connectivity index (χ1n) is 6.72. The van der Waals surface area contributed by atoms with Gasteiger partial charge in [-0.3, -0.25) is 4.79 Å². The van der Waals surface area contributed by atoms with Gasteiger partial charge in [-0.15, -0.1) is 0 Å². The van der Waals surface area contributed by atoms with Crippen molar-refractivity contribution < 1.29 is 14.6 Å². The number of benzene rings is 1. The number of hydrogen-bond acceptors (Lipinski definition) is 5. The third kappa shape index (κ3) is 4.22. The van der Waals surface area contributed by atoms with Gasteiger partial charge in [0.15, 0.2) is 10.8 Å². The van der Waals surface area contributed by atoms with Crippen LogP contribution >= 0.6 is 11.6 Å². The van der Waals surface area contributed by atoms with E-state index in [0.717, 1.165) is 10.2 Å². The SMILES string of the molecule is CC(O)COc1ccc(COc2cnn(C)c(=O)c2Cl)cc1. The van der Waals surface area contributed by atoms with Crippen molar-refractivity contribution in [2.75, 3.05) is 6.61 Å². The summed E-state index contributed by atoms with van der Waals surface area (Å²) in [5.41, 5.74) is 0.488. The number of aliphatic hydroxyl groups is 1. The highest BCUT2D eigenvalue weighted by Crippen LogP contribution is 2.20. The van der Waals surface area contributed by atoms with Gasteiger partial charge < -0.3 is 14.6 Å². The zero-order valence-electron chi connectivity index (χ0n) is 12.3. The number of aryl methyl sites for hydroxylation is 1. The Kier molecular flexibility index (Phi) is 5.41. The molecule has 1 N–H and O–H groups in total. The molecule has 7 heteroatoms. The number of aliphatic hydroxyl groups excluding tert-OH is 1. The Hall–Kier alpha value is -2.05. The molecule has 22 heavy (non-hydrogen) atoms. The van der Waals surface area contributed by atoms with Crippen LogP contribution in [0.3, 0.4) is 0 Å². The molecule has 1 aromatic carbocycles. The molecule has 0 fully saturated rings. The number of halogens is 1. The van der Waals surface area contributed by atoms with Crippen molar-refractivity contribution in [2.24, 2.45) is 7.05 Å². The molecule has 0 amide bonds. The minimum Gasteiger partial charge on any atom is -0.491 e. The highest BCUT2D eigenvalue weighted by atomic mass is 35.5. The highest BCUT2D eigenvalue weighted by molar-refractivity contribution is 6.31. The van der Waals surface area contributed by atoms with Crippen LogP contribution in [0.2, 0.25) is 5.02 Å². The van der Waals surface area contributed by atoms with Crippen LogP contribution in [0.15, 0.2) is 35.3 Å². The first-order valence-corrected chi connectivity index (χ1v) is 7.09. The largest absolute Gasteiger partial charge is 0.491 e. The number of hydrogen-bond donors (Lipinski definition) is 1. The lowest BCUT2D eigenvalue weighted by molar-refractivity contribution is 0.122. The molecule has 2 aromatic rings. The second kappa shape index (κ2) is 7.29. The Morgan fingerprint density at radius 3 is 2.64 bits per heavy atom. The van der Waals surface area contributed by atoms with Crippen LogP contribution < -0.4 is 15.0 Å². The zero-order valence-corrected chi connectivity index (χ0v) is 13.1. The molecule has 1 atom stereocenters. The van der Waals surface area contributed by atoms with Crippen molar-refractivity contribution in [3.63, 3.8) is 0 Å². The van der Waals surface area contributed by atoms with E-state index in [-0.39, 0.29) is 24.0 Å². The van der Waals surface area contributed by atoms with Crippen LogP contribution in [0.4, 0.5) is 0 Å². The van der Waals surface area contributed by atoms with E-state index in [1.54, 1.807) is 19.1 Å². The quantitative estimate of drug-likeness (QED) is 0.876. The number of ether oxygens (including phenoxy) is 2. The summed E-state index contributed by atoms with van der Waals surface area (Å²) in [6.45, 7) is 2.15. The summed E-state index contributed by atoms with van der Waals surface area (Å²) >= 11 is 5.92. The number of aromatic nitrogens is 2. The first-order chi connectivity index (χ1) is 10.5. The van der Waals surface area contributed by atoms with Crippen molar-refractivity contribution in [2.45, 2.75) is 19.6 Å². The fraction of sp³-hybridized carbons (Fsp3) is 0.333. The summed E-state index contributed by atoms with van der Waals surface area (Å²) in [5, 5.41) is 13.0. The minimum absolute atomic E-state index is 0.00869. The molecule has 1 heterocycles. The molecule has 0 spiro atoms. The molecule has 6 nitrogen and oxygen atoms in total. The van der Waals surface area contributed by atoms with Gasteiger partial charge in [0, 0.05) is 7.05 Å². The maximum atomic E-state index is 11.6. The second-order valence-electron chi connectivity index (χ2n) is 4.84. The number of nitrogens with zero attached hydrogens (tertiary/aromatic N) is 2. The molecule has 1 aromatic heterocycles. The van der Waals surface area contributed by atoms with Gasteiger partial charge in [-0.2, -0.15) is 5.10 Å². The monoisotopic (exact) mass is 324 g/mol. The van der Waals surface area contributed by atoms with Gasteiger partial charge in [0.2, 0.25) is 0 Å². The zero-order chi connectivity index (χ0) is 16.1. The maximum Gasteiger partial charge on any atom is 0.289 e. The van der Waals surface area contributed by atoms with E-state index < -0.39 is 11.7 Å². The van der Waals surface area contributed by atoms with Gasteiger partial charge in [-0.05, 0) is 24.6 Å². The summed E-state index contributed by atoms with van der Waals surface area (Å²) in [7, 11) is 1.52. The van der Waals surface area contributed by atoms with Gasteiger partial charge in [-0.25, -0.2) is 4.68 Å². The van der Waals surface area contributed by atoms with Gasteiger partial charge in [-0.1, -0.05) is 23.7 Å². The number of rotatable bonds is 6. The van der Waals surface area contributed by atoms with Crippen molar-refractivity contribution in [3.05, 3.63) is 51.4 Å². The Balaban J connectivity index is 1.97. The molecular formula is C15H17ClN2O4. The fourth-order valence-electron chi connectivity index (χ4n) is 1.66. The fourth-order valence-corrected chi connectivity index (χ4v) is 1.88. The second-order valence-corrected chi connectivity index (χ2v) is 5.22. The average Bonchev–Trinajstić information content (AvgIpc) is 2.51. The summed E-state index contributed by atoms with van der Waals surface area (Å²) in [6.07, 6.45) is 0.891. The van der Waals surface area contributed by atoms with Crippen molar-refractivity contribution in [3.8, 4) is 11.5 Å². The van der Waals surface area contributed by atoms with Gasteiger partial charge in [0.1, 0.15) is 19.0 Å². The molecule has 0 radical (unpaired) electrons. The lowest BCUT2D eigenvalue weighted by Crippen LogP contribution is -2.20. The standard InChI is InChI=1S/C15H17ClN2O4/c1-10(19)8-21-12-5-3-11(4-6-12)9-22-13-7-17-18(2)15(20)14(13)16/h3-7,10,19H,8-9H2,1-2H3. The molecule has 0 aliphatic rings. The van der Waals surface area contributed by atoms with Crippen LogP contribution in [-0.2, 0) is 13.7 Å². The maximum absolute atomic E-state index is 11.6. The summed E-state index contributed by atoms with van der Waals surface area (Å²) in [6, 6.07) is 7.23. The lowest BCUT2D eigenvalue weighted by Gasteiger charge is -2.10. The molecular weight excluding hydrogens is 308 g/mol. The van der Waals surface area contributed by atoms with Crippen LogP contribution in [-0.4, -0.2) is 27.6 Å². The van der Waals surface area contributed by atoms with Gasteiger partial charge >= 0.3 is 0 Å². The van der Waals surface area contributed by atoms with E-state index in [0.29, 0.717) is 5.75 Å². The van der Waals surface area contributed by atoms with Crippen LogP contribution in [0, 0.1) is 0 Å². The Labute approximate surface area is 132 Å². The molecule has 0 aliphatic heterocycles. The van der Waals surface area contributed by atoms with Gasteiger partial charge in [0.05, 0.1) is 12.3 Å². The molecule has 0 saturated heterocycles. The molecule has 2 rings (SSSR count). The predicted octanol–water partition coefficient (Wildman–Crippen LogP) is 1.77. The molecule has 0 bridgehead atoms. The lowest BCUT2D eigenvalue weighted by atomic mass is 10.2. The predicted molar refractivity (Wildman–Crippen MR) is 82.4 cm³/mol. The third-order valence-corrected chi connectivity index (χ3v) is 3.20. The molecule has 0 saturated carbocycles. The van der Waals surface area contributed by atoms with E-state index in [4.69, 9.17) is 26.2 Å². The average molecular weight is 325 g/mol. The van der Waals surface area contributed by atoms with E-state index in [1.807, 2.05) is 12.1 Å². The van der Waals surface area contributed by atoms with E-state index in [2.05, 4.69) is 5.10 Å². The Morgan fingerprint density at radius 2 is 2.00 bits per heavy atom. The molecule has 118 valence electrons. The third-order valence-electron chi connectivity index (χ3n) is 2.86. The first kappa shape index (κ1) is 16.3. The Bertz CT molecular complexity index is 683. The van der Waals surface area contributed by atoms with E-state index in [1.165, 1.54) is 13.2 Å². The van der Waals surface area contributed by atoms with Crippen LogP contribution in [0.25, 0.3) is 0 Å². The summed E-state index contributed by atoms with van der Waals surface area (Å²) < 4.78 is 12.0. The topological polar surface area (TPSA) is 73.6 Å². The summed E-state index contributed by atoms with van der Waals surface area (Å²) in [4.78, 5) is 11.6. The van der Waals surface area contributed by atoms with Gasteiger partial charge in [0.25, 0.3) is 5.56 Å². The van der Waals surface area contributed by atoms with Crippen molar-refractivity contribution in [1.29, 1.82) is 0 Å². The van der Waals surface area contributed by atoms with E-state index >= 15 is 0 Å². The van der Waals surface area contributed by atoms with E-state index in [9.17, 15) is 4.79 Å². The molecule has 0 aliphatic carbocycles. The normalized spacial score (nSPS) is 12.0. The van der Waals surface area contributed by atoms with Crippen molar-refractivity contribution >= 4 is 11.6 Å². The molecule has 1 unspecified atom stereocenters. The highest BCUT2D eigenvalue weighted by Gasteiger charge is 2.08.